The second kappa shape index (κ2) is 5.51. The minimum Gasteiger partial charge on any atom is -0.341 e. The molecule has 104 valence electrons. The zero-order valence-electron chi connectivity index (χ0n) is 11.5. The maximum Gasteiger partial charge on any atom is 0.230 e. The van der Waals surface area contributed by atoms with Gasteiger partial charge in [0, 0.05) is 24.7 Å². The van der Waals surface area contributed by atoms with Crippen LogP contribution in [0.5, 0.6) is 0 Å². The molecule has 19 heavy (non-hydrogen) atoms. The van der Waals surface area contributed by atoms with Crippen LogP contribution < -0.4 is 5.73 Å². The summed E-state index contributed by atoms with van der Waals surface area (Å²) in [7, 11) is 1.82. The summed E-state index contributed by atoms with van der Waals surface area (Å²) in [4.78, 5) is 14.3. The lowest BCUT2D eigenvalue weighted by molar-refractivity contribution is -0.140. The van der Waals surface area contributed by atoms with E-state index in [9.17, 15) is 4.79 Å². The van der Waals surface area contributed by atoms with Crippen molar-refractivity contribution < 1.29 is 4.79 Å². The van der Waals surface area contributed by atoms with Gasteiger partial charge in [-0.3, -0.25) is 4.79 Å². The minimum absolute atomic E-state index is 0.0336. The third-order valence-electron chi connectivity index (χ3n) is 4.23. The van der Waals surface area contributed by atoms with Gasteiger partial charge in [0.15, 0.2) is 0 Å². The molecule has 1 amide bonds. The normalized spacial score (nSPS) is 26.4. The molecule has 0 spiro atoms. The summed E-state index contributed by atoms with van der Waals surface area (Å²) in [6.45, 7) is 2.51. The fraction of sp³-hybridized carbons (Fsp3) is 0.533. The lowest BCUT2D eigenvalue weighted by atomic mass is 9.83. The Morgan fingerprint density at radius 2 is 2.21 bits per heavy atom. The van der Waals surface area contributed by atoms with Crippen molar-refractivity contribution in [3.63, 3.8) is 0 Å². The first kappa shape index (κ1) is 14.4. The van der Waals surface area contributed by atoms with Gasteiger partial charge in [-0.05, 0) is 31.4 Å². The second-order valence-electron chi connectivity index (χ2n) is 5.67. The highest BCUT2D eigenvalue weighted by atomic mass is 35.5. The fourth-order valence-corrected chi connectivity index (χ4v) is 3.04. The zero-order valence-corrected chi connectivity index (χ0v) is 12.3. The smallest absolute Gasteiger partial charge is 0.230 e. The Morgan fingerprint density at radius 3 is 2.79 bits per heavy atom. The maximum absolute atomic E-state index is 12.6. The monoisotopic (exact) mass is 280 g/mol. The van der Waals surface area contributed by atoms with Crippen LogP contribution in [-0.2, 0) is 11.3 Å². The molecule has 0 heterocycles. The van der Waals surface area contributed by atoms with Crippen LogP contribution >= 0.6 is 11.6 Å². The number of hydrogen-bond acceptors (Lipinski definition) is 2. The number of nitrogens with two attached hydrogens (primary N) is 1. The molecule has 1 aromatic carbocycles. The third-order valence-corrected chi connectivity index (χ3v) is 4.60. The predicted molar refractivity (Wildman–Crippen MR) is 77.9 cm³/mol. The molecule has 2 rings (SSSR count). The first-order chi connectivity index (χ1) is 8.95. The molecule has 1 aliphatic carbocycles. The van der Waals surface area contributed by atoms with Gasteiger partial charge in [-0.2, -0.15) is 0 Å². The van der Waals surface area contributed by atoms with E-state index in [1.54, 1.807) is 4.90 Å². The Morgan fingerprint density at radius 1 is 1.53 bits per heavy atom. The molecule has 2 unspecified atom stereocenters. The SMILES string of the molecule is CN(Cc1ccccc1Cl)C(=O)C1(C)CCCC1N. The highest BCUT2D eigenvalue weighted by Crippen LogP contribution is 2.38. The van der Waals surface area contributed by atoms with Crippen molar-refractivity contribution in [3.05, 3.63) is 34.9 Å². The number of carbonyl (C=O) groups excluding carboxylic acids is 1. The van der Waals surface area contributed by atoms with Crippen LogP contribution in [0.2, 0.25) is 5.02 Å². The van der Waals surface area contributed by atoms with E-state index in [1.807, 2.05) is 38.2 Å². The van der Waals surface area contributed by atoms with Crippen LogP contribution in [0.1, 0.15) is 31.7 Å². The first-order valence-electron chi connectivity index (χ1n) is 6.69. The van der Waals surface area contributed by atoms with E-state index in [1.165, 1.54) is 0 Å². The largest absolute Gasteiger partial charge is 0.341 e. The van der Waals surface area contributed by atoms with Gasteiger partial charge in [-0.25, -0.2) is 0 Å². The fourth-order valence-electron chi connectivity index (χ4n) is 2.85. The maximum atomic E-state index is 12.6. The zero-order chi connectivity index (χ0) is 14.0. The van der Waals surface area contributed by atoms with Crippen LogP contribution in [0.3, 0.4) is 0 Å². The summed E-state index contributed by atoms with van der Waals surface area (Å²) >= 11 is 6.13. The van der Waals surface area contributed by atoms with Crippen LogP contribution in [0, 0.1) is 5.41 Å². The van der Waals surface area contributed by atoms with Gasteiger partial charge in [0.05, 0.1) is 5.41 Å². The summed E-state index contributed by atoms with van der Waals surface area (Å²) in [6, 6.07) is 7.58. The summed E-state index contributed by atoms with van der Waals surface area (Å²) in [5.74, 6) is 0.123. The third kappa shape index (κ3) is 2.77. The summed E-state index contributed by atoms with van der Waals surface area (Å²) in [6.07, 6.45) is 2.84. The van der Waals surface area contributed by atoms with Gasteiger partial charge in [-0.1, -0.05) is 36.2 Å². The van der Waals surface area contributed by atoms with Gasteiger partial charge >= 0.3 is 0 Å². The molecule has 1 aromatic rings. The molecule has 2 atom stereocenters. The van der Waals surface area contributed by atoms with Gasteiger partial charge in [-0.15, -0.1) is 0 Å². The van der Waals surface area contributed by atoms with Crippen molar-refractivity contribution in [1.82, 2.24) is 4.90 Å². The number of benzene rings is 1. The molecular weight excluding hydrogens is 260 g/mol. The topological polar surface area (TPSA) is 46.3 Å². The summed E-state index contributed by atoms with van der Waals surface area (Å²) in [5, 5.41) is 0.697. The number of carbonyl (C=O) groups is 1. The van der Waals surface area contributed by atoms with Crippen molar-refractivity contribution in [2.24, 2.45) is 11.1 Å². The molecule has 0 bridgehead atoms. The molecule has 1 aliphatic rings. The van der Waals surface area contributed by atoms with E-state index < -0.39 is 5.41 Å². The number of halogens is 1. The van der Waals surface area contributed by atoms with Crippen LogP contribution in [0.25, 0.3) is 0 Å². The molecule has 3 nitrogen and oxygen atoms in total. The first-order valence-corrected chi connectivity index (χ1v) is 7.07. The Hall–Kier alpha value is -1.06. The van der Waals surface area contributed by atoms with Crippen LogP contribution in [-0.4, -0.2) is 23.9 Å². The summed E-state index contributed by atoms with van der Waals surface area (Å²) < 4.78 is 0. The van der Waals surface area contributed by atoms with Gasteiger partial charge in [0.1, 0.15) is 0 Å². The van der Waals surface area contributed by atoms with E-state index in [4.69, 9.17) is 17.3 Å². The number of nitrogens with zero attached hydrogens (tertiary/aromatic N) is 1. The van der Waals surface area contributed by atoms with Crippen LogP contribution in [0.4, 0.5) is 0 Å². The molecule has 0 saturated heterocycles. The highest BCUT2D eigenvalue weighted by molar-refractivity contribution is 6.31. The average Bonchev–Trinajstić information content (AvgIpc) is 2.72. The predicted octanol–water partition coefficient (Wildman–Crippen LogP) is 2.82. The quantitative estimate of drug-likeness (QED) is 0.925. The molecular formula is C15H21ClN2O. The van der Waals surface area contributed by atoms with E-state index in [0.717, 1.165) is 24.8 Å². The van der Waals surface area contributed by atoms with Crippen molar-refractivity contribution in [2.75, 3.05) is 7.05 Å². The Bertz CT molecular complexity index is 477. The van der Waals surface area contributed by atoms with E-state index >= 15 is 0 Å². The van der Waals surface area contributed by atoms with Gasteiger partial charge in [0.25, 0.3) is 0 Å². The van der Waals surface area contributed by atoms with Crippen molar-refractivity contribution >= 4 is 17.5 Å². The number of rotatable bonds is 3. The second-order valence-corrected chi connectivity index (χ2v) is 6.08. The molecule has 1 fully saturated rings. The van der Waals surface area contributed by atoms with Crippen molar-refractivity contribution in [3.8, 4) is 0 Å². The standard InChI is InChI=1S/C15H21ClN2O/c1-15(9-5-8-13(15)17)14(19)18(2)10-11-6-3-4-7-12(11)16/h3-4,6-7,13H,5,8-10,17H2,1-2H3. The molecule has 1 saturated carbocycles. The Labute approximate surface area is 119 Å². The van der Waals surface area contributed by atoms with E-state index in [-0.39, 0.29) is 11.9 Å². The molecule has 2 N–H and O–H groups in total. The average molecular weight is 281 g/mol. The highest BCUT2D eigenvalue weighted by Gasteiger charge is 2.44. The van der Waals surface area contributed by atoms with Gasteiger partial charge in [0.2, 0.25) is 5.91 Å². The van der Waals surface area contributed by atoms with Crippen molar-refractivity contribution in [1.29, 1.82) is 0 Å². The molecule has 0 radical (unpaired) electrons. The molecule has 4 heteroatoms. The van der Waals surface area contributed by atoms with E-state index in [2.05, 4.69) is 0 Å². The minimum atomic E-state index is -0.421. The molecule has 0 aromatic heterocycles. The number of amides is 1. The Kier molecular flexibility index (Phi) is 4.16. The van der Waals surface area contributed by atoms with Gasteiger partial charge < -0.3 is 10.6 Å². The van der Waals surface area contributed by atoms with Crippen molar-refractivity contribution in [2.45, 2.75) is 38.8 Å². The Balaban J connectivity index is 2.10. The van der Waals surface area contributed by atoms with Crippen LogP contribution in [0.15, 0.2) is 24.3 Å². The lowest BCUT2D eigenvalue weighted by Gasteiger charge is -2.32. The molecule has 0 aliphatic heterocycles. The number of hydrogen-bond donors (Lipinski definition) is 1. The van der Waals surface area contributed by atoms with E-state index in [0.29, 0.717) is 11.6 Å². The lowest BCUT2D eigenvalue weighted by Crippen LogP contribution is -2.47. The summed E-state index contributed by atoms with van der Waals surface area (Å²) in [5.41, 5.74) is 6.65.